The quantitative estimate of drug-likeness (QED) is 0.807. The summed E-state index contributed by atoms with van der Waals surface area (Å²) in [5, 5.41) is 3.23. The summed E-state index contributed by atoms with van der Waals surface area (Å²) >= 11 is 0. The molecule has 1 aromatic heterocycles. The van der Waals surface area contributed by atoms with Crippen LogP contribution in [0.2, 0.25) is 0 Å². The number of aromatic nitrogens is 2. The van der Waals surface area contributed by atoms with Crippen LogP contribution >= 0.6 is 0 Å². The zero-order valence-corrected chi connectivity index (χ0v) is 11.9. The first-order valence-electron chi connectivity index (χ1n) is 6.52. The molecule has 19 heavy (non-hydrogen) atoms. The van der Waals surface area contributed by atoms with E-state index in [1.165, 1.54) is 0 Å². The molecule has 0 saturated carbocycles. The molecule has 0 radical (unpaired) electrons. The van der Waals surface area contributed by atoms with Gasteiger partial charge in [0.15, 0.2) is 0 Å². The third-order valence-electron chi connectivity index (χ3n) is 3.22. The van der Waals surface area contributed by atoms with Crippen LogP contribution in [0.5, 0.6) is 0 Å². The smallest absolute Gasteiger partial charge is 0.212 e. The average Bonchev–Trinajstić information content (AvgIpc) is 2.37. The van der Waals surface area contributed by atoms with Gasteiger partial charge in [-0.2, -0.15) is 0 Å². The Morgan fingerprint density at radius 1 is 1.42 bits per heavy atom. The van der Waals surface area contributed by atoms with Crippen LogP contribution < -0.4 is 10.0 Å². The van der Waals surface area contributed by atoms with Gasteiger partial charge < -0.3 is 5.32 Å². The number of sulfonamides is 1. The van der Waals surface area contributed by atoms with E-state index in [1.807, 2.05) is 0 Å². The molecular formula is C12H20N4O2S. The Morgan fingerprint density at radius 3 is 2.84 bits per heavy atom. The summed E-state index contributed by atoms with van der Waals surface area (Å²) in [6, 6.07) is 1.72. The zero-order chi connectivity index (χ0) is 13.7. The van der Waals surface area contributed by atoms with Crippen molar-refractivity contribution in [1.29, 1.82) is 0 Å². The highest BCUT2D eigenvalue weighted by atomic mass is 32.2. The Kier molecular flexibility index (Phi) is 4.84. The summed E-state index contributed by atoms with van der Waals surface area (Å²) < 4.78 is 26.6. The van der Waals surface area contributed by atoms with Crippen molar-refractivity contribution in [3.63, 3.8) is 0 Å². The molecule has 2 N–H and O–H groups in total. The van der Waals surface area contributed by atoms with Crippen molar-refractivity contribution in [3.05, 3.63) is 23.8 Å². The fraction of sp³-hybridized carbons (Fsp3) is 0.667. The molecule has 6 nitrogen and oxygen atoms in total. The van der Waals surface area contributed by atoms with E-state index in [0.29, 0.717) is 11.5 Å². The molecule has 1 fully saturated rings. The molecule has 1 aromatic rings. The lowest BCUT2D eigenvalue weighted by atomic mass is 10.0. The van der Waals surface area contributed by atoms with Crippen molar-refractivity contribution in [2.45, 2.75) is 26.3 Å². The molecule has 0 aromatic carbocycles. The number of nitrogens with one attached hydrogen (secondary N) is 2. The van der Waals surface area contributed by atoms with Gasteiger partial charge in [0.1, 0.15) is 5.82 Å². The van der Waals surface area contributed by atoms with Crippen LogP contribution in [0, 0.1) is 12.8 Å². The maximum atomic E-state index is 12.0. The van der Waals surface area contributed by atoms with Gasteiger partial charge in [-0.05, 0) is 44.8 Å². The first kappa shape index (κ1) is 14.4. The molecule has 1 aliphatic rings. The van der Waals surface area contributed by atoms with Crippen molar-refractivity contribution in [2.24, 2.45) is 5.92 Å². The monoisotopic (exact) mass is 284 g/mol. The Morgan fingerprint density at radius 2 is 2.16 bits per heavy atom. The van der Waals surface area contributed by atoms with E-state index in [9.17, 15) is 8.42 Å². The molecule has 106 valence electrons. The molecule has 1 saturated heterocycles. The summed E-state index contributed by atoms with van der Waals surface area (Å²) in [6.45, 7) is 3.83. The van der Waals surface area contributed by atoms with Crippen LogP contribution in [-0.4, -0.2) is 37.2 Å². The normalized spacial score (nSPS) is 17.5. The minimum absolute atomic E-state index is 0.207. The van der Waals surface area contributed by atoms with Gasteiger partial charge in [0, 0.05) is 6.20 Å². The highest BCUT2D eigenvalue weighted by Gasteiger charge is 2.20. The van der Waals surface area contributed by atoms with Crippen molar-refractivity contribution < 1.29 is 8.42 Å². The van der Waals surface area contributed by atoms with Gasteiger partial charge in [0.05, 0.1) is 18.0 Å². The van der Waals surface area contributed by atoms with Crippen LogP contribution in [-0.2, 0) is 16.6 Å². The summed E-state index contributed by atoms with van der Waals surface area (Å²) in [4.78, 5) is 8.16. The maximum Gasteiger partial charge on any atom is 0.212 e. The lowest BCUT2D eigenvalue weighted by molar-refractivity contribution is 0.400. The minimum atomic E-state index is -3.23. The Labute approximate surface area is 114 Å². The fourth-order valence-corrected chi connectivity index (χ4v) is 3.64. The highest BCUT2D eigenvalue weighted by Crippen LogP contribution is 2.13. The Bertz CT molecular complexity index is 512. The SMILES string of the molecule is Cc1nccc(CNS(=O)(=O)CC2CCNCC2)n1. The largest absolute Gasteiger partial charge is 0.317 e. The fourth-order valence-electron chi connectivity index (χ4n) is 2.21. The number of hydrogen-bond donors (Lipinski definition) is 2. The van der Waals surface area contributed by atoms with Gasteiger partial charge in [-0.25, -0.2) is 23.1 Å². The van der Waals surface area contributed by atoms with Crippen molar-refractivity contribution in [2.75, 3.05) is 18.8 Å². The lowest BCUT2D eigenvalue weighted by Crippen LogP contribution is -2.35. The molecule has 1 aliphatic heterocycles. The molecule has 0 atom stereocenters. The number of rotatable bonds is 5. The second-order valence-electron chi connectivity index (χ2n) is 4.89. The van der Waals surface area contributed by atoms with Gasteiger partial charge in [-0.1, -0.05) is 0 Å². The maximum absolute atomic E-state index is 12.0. The molecule has 2 rings (SSSR count). The van der Waals surface area contributed by atoms with Crippen LogP contribution in [0.1, 0.15) is 24.4 Å². The average molecular weight is 284 g/mol. The predicted molar refractivity (Wildman–Crippen MR) is 73.0 cm³/mol. The van der Waals surface area contributed by atoms with E-state index in [1.54, 1.807) is 19.2 Å². The number of nitrogens with zero attached hydrogens (tertiary/aromatic N) is 2. The van der Waals surface area contributed by atoms with Crippen molar-refractivity contribution in [3.8, 4) is 0 Å². The molecule has 0 aliphatic carbocycles. The third kappa shape index (κ3) is 4.85. The van der Waals surface area contributed by atoms with Crippen LogP contribution in [0.15, 0.2) is 12.3 Å². The van der Waals surface area contributed by atoms with Crippen molar-refractivity contribution in [1.82, 2.24) is 20.0 Å². The summed E-state index contributed by atoms with van der Waals surface area (Å²) in [5.41, 5.74) is 0.696. The van der Waals surface area contributed by atoms with Crippen LogP contribution in [0.4, 0.5) is 0 Å². The Balaban J connectivity index is 1.86. The van der Waals surface area contributed by atoms with E-state index in [-0.39, 0.29) is 18.2 Å². The summed E-state index contributed by atoms with van der Waals surface area (Å²) in [6.07, 6.45) is 3.49. The highest BCUT2D eigenvalue weighted by molar-refractivity contribution is 7.89. The lowest BCUT2D eigenvalue weighted by Gasteiger charge is -2.22. The van der Waals surface area contributed by atoms with Gasteiger partial charge in [0.2, 0.25) is 10.0 Å². The second-order valence-corrected chi connectivity index (χ2v) is 6.74. The first-order chi connectivity index (χ1) is 9.05. The molecular weight excluding hydrogens is 264 g/mol. The Hall–Kier alpha value is -1.05. The van der Waals surface area contributed by atoms with E-state index < -0.39 is 10.0 Å². The number of aryl methyl sites for hydroxylation is 1. The topological polar surface area (TPSA) is 84.0 Å². The zero-order valence-electron chi connectivity index (χ0n) is 11.1. The number of piperidine rings is 1. The van der Waals surface area contributed by atoms with Gasteiger partial charge in [-0.3, -0.25) is 0 Å². The number of hydrogen-bond acceptors (Lipinski definition) is 5. The van der Waals surface area contributed by atoms with Gasteiger partial charge >= 0.3 is 0 Å². The molecule has 0 amide bonds. The van der Waals surface area contributed by atoms with E-state index in [0.717, 1.165) is 25.9 Å². The standard InChI is InChI=1S/C12H20N4O2S/c1-10-14-7-4-12(16-10)8-15-19(17,18)9-11-2-5-13-6-3-11/h4,7,11,13,15H,2-3,5-6,8-9H2,1H3. The first-order valence-corrected chi connectivity index (χ1v) is 8.17. The van der Waals surface area contributed by atoms with E-state index >= 15 is 0 Å². The predicted octanol–water partition coefficient (Wildman–Crippen LogP) is 0.204. The van der Waals surface area contributed by atoms with E-state index in [2.05, 4.69) is 20.0 Å². The van der Waals surface area contributed by atoms with Crippen molar-refractivity contribution >= 4 is 10.0 Å². The molecule has 2 heterocycles. The minimum Gasteiger partial charge on any atom is -0.317 e. The van der Waals surface area contributed by atoms with E-state index in [4.69, 9.17) is 0 Å². The molecule has 7 heteroatoms. The molecule has 0 spiro atoms. The summed E-state index contributed by atoms with van der Waals surface area (Å²) in [7, 11) is -3.23. The van der Waals surface area contributed by atoms with Gasteiger partial charge in [0.25, 0.3) is 0 Å². The van der Waals surface area contributed by atoms with Gasteiger partial charge in [-0.15, -0.1) is 0 Å². The summed E-state index contributed by atoms with van der Waals surface area (Å²) in [5.74, 6) is 1.11. The molecule has 0 unspecified atom stereocenters. The third-order valence-corrected chi connectivity index (χ3v) is 4.72. The molecule has 0 bridgehead atoms. The van der Waals surface area contributed by atoms with Crippen LogP contribution in [0.25, 0.3) is 0 Å². The van der Waals surface area contributed by atoms with Crippen LogP contribution in [0.3, 0.4) is 0 Å². The second kappa shape index (κ2) is 6.40.